The number of benzene rings is 1. The van der Waals surface area contributed by atoms with E-state index in [1.807, 2.05) is 0 Å². The fourth-order valence-electron chi connectivity index (χ4n) is 2.99. The third kappa shape index (κ3) is 4.33. The summed E-state index contributed by atoms with van der Waals surface area (Å²) in [6.45, 7) is 0.626. The number of rotatable bonds is 7. The van der Waals surface area contributed by atoms with Crippen LogP contribution in [0.4, 0.5) is 4.39 Å². The number of nitrogens with one attached hydrogen (secondary N) is 1. The molecular formula is C21H18FN5O4. The first-order chi connectivity index (χ1) is 15.1. The number of amides is 1. The van der Waals surface area contributed by atoms with Crippen molar-refractivity contribution in [2.45, 2.75) is 6.42 Å². The number of aromatic hydroxyl groups is 1. The Morgan fingerprint density at radius 3 is 2.81 bits per heavy atom. The summed E-state index contributed by atoms with van der Waals surface area (Å²) in [6.07, 6.45) is 1.76. The van der Waals surface area contributed by atoms with Gasteiger partial charge in [0.25, 0.3) is 11.8 Å². The van der Waals surface area contributed by atoms with E-state index in [0.717, 1.165) is 5.56 Å². The van der Waals surface area contributed by atoms with Gasteiger partial charge in [-0.15, -0.1) is 10.2 Å². The summed E-state index contributed by atoms with van der Waals surface area (Å²) < 4.78 is 23.7. The van der Waals surface area contributed by atoms with Gasteiger partial charge in [0.05, 0.1) is 13.0 Å². The van der Waals surface area contributed by atoms with Gasteiger partial charge in [0.2, 0.25) is 5.89 Å². The lowest BCUT2D eigenvalue weighted by atomic mass is 10.1. The Morgan fingerprint density at radius 2 is 2.03 bits per heavy atom. The molecule has 0 bridgehead atoms. The number of hydrogen-bond donors (Lipinski definition) is 2. The van der Waals surface area contributed by atoms with Crippen LogP contribution in [-0.4, -0.2) is 51.4 Å². The van der Waals surface area contributed by atoms with Crippen LogP contribution >= 0.6 is 0 Å². The Kier molecular flexibility index (Phi) is 5.80. The van der Waals surface area contributed by atoms with Crippen LogP contribution < -0.4 is 5.32 Å². The zero-order valence-corrected chi connectivity index (χ0v) is 16.5. The minimum atomic E-state index is -0.456. The van der Waals surface area contributed by atoms with Gasteiger partial charge in [0, 0.05) is 25.2 Å². The third-order valence-corrected chi connectivity index (χ3v) is 4.48. The van der Waals surface area contributed by atoms with E-state index in [9.17, 15) is 14.3 Å². The first-order valence-corrected chi connectivity index (χ1v) is 9.39. The molecule has 31 heavy (non-hydrogen) atoms. The Morgan fingerprint density at radius 1 is 1.23 bits per heavy atom. The molecule has 0 unspecified atom stereocenters. The normalized spacial score (nSPS) is 11.0. The van der Waals surface area contributed by atoms with Crippen molar-refractivity contribution < 1.29 is 23.4 Å². The molecule has 9 nitrogen and oxygen atoms in total. The zero-order valence-electron chi connectivity index (χ0n) is 16.5. The fraction of sp³-hybridized carbons (Fsp3) is 0.190. The summed E-state index contributed by atoms with van der Waals surface area (Å²) in [6, 6.07) is 9.17. The number of ether oxygens (including phenoxy) is 1. The number of fused-ring (bicyclic) bond motifs is 1. The molecule has 1 aromatic carbocycles. The van der Waals surface area contributed by atoms with Crippen molar-refractivity contribution in [1.29, 1.82) is 0 Å². The Hall–Kier alpha value is -3.92. The molecule has 3 aromatic heterocycles. The molecule has 10 heteroatoms. The molecule has 0 saturated carbocycles. The van der Waals surface area contributed by atoms with E-state index in [1.54, 1.807) is 24.3 Å². The maximum atomic E-state index is 13.1. The Labute approximate surface area is 175 Å². The third-order valence-electron chi connectivity index (χ3n) is 4.48. The number of hydrogen-bond acceptors (Lipinski definition) is 8. The lowest BCUT2D eigenvalue weighted by molar-refractivity contribution is 0.0934. The van der Waals surface area contributed by atoms with Crippen LogP contribution in [0.3, 0.4) is 0 Å². The monoisotopic (exact) mass is 423 g/mol. The molecule has 158 valence electrons. The molecule has 0 aliphatic rings. The van der Waals surface area contributed by atoms with Crippen molar-refractivity contribution in [2.24, 2.45) is 0 Å². The second-order valence-corrected chi connectivity index (χ2v) is 6.61. The molecule has 0 radical (unpaired) electrons. The zero-order chi connectivity index (χ0) is 21.8. The average Bonchev–Trinajstić information content (AvgIpc) is 3.24. The van der Waals surface area contributed by atoms with Gasteiger partial charge in [-0.3, -0.25) is 9.78 Å². The molecule has 0 atom stereocenters. The van der Waals surface area contributed by atoms with Gasteiger partial charge in [-0.1, -0.05) is 12.1 Å². The summed E-state index contributed by atoms with van der Waals surface area (Å²) in [4.78, 5) is 21.1. The SMILES string of the molecule is COCCNC(=O)c1nc(-c2nnc(Cc3ccc(F)cc3)o2)c(O)c2ncccc12. The highest BCUT2D eigenvalue weighted by atomic mass is 19.1. The van der Waals surface area contributed by atoms with Crippen LogP contribution in [0.25, 0.3) is 22.5 Å². The molecule has 4 rings (SSSR count). The van der Waals surface area contributed by atoms with Gasteiger partial charge in [0.15, 0.2) is 11.4 Å². The summed E-state index contributed by atoms with van der Waals surface area (Å²) >= 11 is 0. The number of nitrogens with zero attached hydrogens (tertiary/aromatic N) is 4. The maximum Gasteiger partial charge on any atom is 0.270 e. The van der Waals surface area contributed by atoms with E-state index >= 15 is 0 Å². The van der Waals surface area contributed by atoms with Crippen LogP contribution in [0.15, 0.2) is 47.0 Å². The topological polar surface area (TPSA) is 123 Å². The van der Waals surface area contributed by atoms with E-state index in [0.29, 0.717) is 12.0 Å². The van der Waals surface area contributed by atoms with Gasteiger partial charge < -0.3 is 19.6 Å². The second-order valence-electron chi connectivity index (χ2n) is 6.61. The molecule has 3 heterocycles. The van der Waals surface area contributed by atoms with Gasteiger partial charge in [-0.2, -0.15) is 0 Å². The predicted molar refractivity (Wildman–Crippen MR) is 108 cm³/mol. The highest BCUT2D eigenvalue weighted by Gasteiger charge is 2.23. The summed E-state index contributed by atoms with van der Waals surface area (Å²) in [5.41, 5.74) is 0.959. The molecule has 0 fully saturated rings. The Bertz CT molecular complexity index is 1230. The van der Waals surface area contributed by atoms with E-state index < -0.39 is 5.91 Å². The van der Waals surface area contributed by atoms with Gasteiger partial charge in [0.1, 0.15) is 17.0 Å². The van der Waals surface area contributed by atoms with Crippen LogP contribution in [-0.2, 0) is 11.2 Å². The quantitative estimate of drug-likeness (QED) is 0.435. The van der Waals surface area contributed by atoms with Crippen LogP contribution in [0.5, 0.6) is 5.75 Å². The number of halogens is 1. The first-order valence-electron chi connectivity index (χ1n) is 9.39. The lowest BCUT2D eigenvalue weighted by Gasteiger charge is -2.10. The van der Waals surface area contributed by atoms with E-state index in [2.05, 4.69) is 25.5 Å². The van der Waals surface area contributed by atoms with E-state index in [4.69, 9.17) is 9.15 Å². The van der Waals surface area contributed by atoms with E-state index in [1.165, 1.54) is 25.4 Å². The summed E-state index contributed by atoms with van der Waals surface area (Å²) in [5, 5.41) is 21.7. The van der Waals surface area contributed by atoms with E-state index in [-0.39, 0.29) is 53.2 Å². The molecule has 2 N–H and O–H groups in total. The van der Waals surface area contributed by atoms with Crippen LogP contribution in [0.1, 0.15) is 21.9 Å². The lowest BCUT2D eigenvalue weighted by Crippen LogP contribution is -2.28. The first kappa shape index (κ1) is 20.4. The van der Waals surface area contributed by atoms with Crippen molar-refractivity contribution >= 4 is 16.8 Å². The average molecular weight is 423 g/mol. The minimum Gasteiger partial charge on any atom is -0.504 e. The van der Waals surface area contributed by atoms with Crippen molar-refractivity contribution in [3.63, 3.8) is 0 Å². The molecule has 0 saturated heterocycles. The van der Waals surface area contributed by atoms with Gasteiger partial charge in [-0.05, 0) is 29.8 Å². The smallest absolute Gasteiger partial charge is 0.270 e. The fourth-order valence-corrected chi connectivity index (χ4v) is 2.99. The maximum absolute atomic E-state index is 13.1. The number of carbonyl (C=O) groups is 1. The minimum absolute atomic E-state index is 0.0547. The molecular weight excluding hydrogens is 405 g/mol. The summed E-state index contributed by atoms with van der Waals surface area (Å²) in [7, 11) is 1.53. The van der Waals surface area contributed by atoms with Gasteiger partial charge in [-0.25, -0.2) is 9.37 Å². The number of carbonyl (C=O) groups excluding carboxylic acids is 1. The molecule has 1 amide bonds. The highest BCUT2D eigenvalue weighted by Crippen LogP contribution is 2.34. The predicted octanol–water partition coefficient (Wildman–Crippen LogP) is 2.49. The Balaban J connectivity index is 1.70. The van der Waals surface area contributed by atoms with Gasteiger partial charge >= 0.3 is 0 Å². The standard InChI is InChI=1S/C21H18FN5O4/c1-30-10-9-24-20(29)17-14-3-2-8-23-16(14)19(28)18(25-17)21-27-26-15(31-21)11-12-4-6-13(22)7-5-12/h2-8,28H,9-11H2,1H3,(H,24,29). The van der Waals surface area contributed by atoms with Crippen molar-refractivity contribution in [1.82, 2.24) is 25.5 Å². The van der Waals surface area contributed by atoms with Crippen LogP contribution in [0.2, 0.25) is 0 Å². The van der Waals surface area contributed by atoms with Crippen LogP contribution in [0, 0.1) is 5.82 Å². The molecule has 0 aliphatic heterocycles. The number of pyridine rings is 2. The number of methoxy groups -OCH3 is 1. The number of aromatic nitrogens is 4. The molecule has 0 aliphatic carbocycles. The second kappa shape index (κ2) is 8.84. The largest absolute Gasteiger partial charge is 0.504 e. The molecule has 4 aromatic rings. The van der Waals surface area contributed by atoms with Crippen molar-refractivity contribution in [3.05, 3.63) is 65.6 Å². The summed E-state index contributed by atoms with van der Waals surface area (Å²) in [5.74, 6) is -0.893. The highest BCUT2D eigenvalue weighted by molar-refractivity contribution is 6.07. The molecule has 0 spiro atoms. The van der Waals surface area contributed by atoms with Crippen molar-refractivity contribution in [3.8, 4) is 17.3 Å². The van der Waals surface area contributed by atoms with Crippen molar-refractivity contribution in [2.75, 3.05) is 20.3 Å².